The summed E-state index contributed by atoms with van der Waals surface area (Å²) in [7, 11) is 0. The third kappa shape index (κ3) is 3.80. The van der Waals surface area contributed by atoms with E-state index in [1.165, 1.54) is 17.8 Å². The molecule has 1 aliphatic carbocycles. The molecule has 0 spiro atoms. The lowest BCUT2D eigenvalue weighted by Gasteiger charge is -2.38. The molecule has 0 aliphatic heterocycles. The van der Waals surface area contributed by atoms with Gasteiger partial charge in [0.05, 0.1) is 12.7 Å². The van der Waals surface area contributed by atoms with Crippen LogP contribution in [0.2, 0.25) is 0 Å². The Hall–Kier alpha value is -0.870. The van der Waals surface area contributed by atoms with Gasteiger partial charge in [0.25, 0.3) is 0 Å². The molecule has 4 heteroatoms. The number of thiophene rings is 1. The molecule has 1 saturated carbocycles. The summed E-state index contributed by atoms with van der Waals surface area (Å²) >= 11 is 1.27. The van der Waals surface area contributed by atoms with Gasteiger partial charge in [-0.25, -0.2) is 4.79 Å². The number of carboxylic acid groups (broad SMARTS) is 1. The van der Waals surface area contributed by atoms with Gasteiger partial charge >= 0.3 is 5.97 Å². The third-order valence-corrected chi connectivity index (χ3v) is 4.71. The van der Waals surface area contributed by atoms with E-state index in [2.05, 4.69) is 20.8 Å². The summed E-state index contributed by atoms with van der Waals surface area (Å²) in [5.74, 6) is -0.180. The number of ether oxygens (including phenoxy) is 1. The number of hydrogen-bond acceptors (Lipinski definition) is 3. The SMILES string of the molecule is CC1CC(OCc2ccsc2C(=O)O)CC(C)(C)C1. The van der Waals surface area contributed by atoms with E-state index in [4.69, 9.17) is 9.84 Å². The summed E-state index contributed by atoms with van der Waals surface area (Å²) < 4.78 is 5.97. The molecule has 0 radical (unpaired) electrons. The first-order valence-electron chi connectivity index (χ1n) is 6.78. The molecule has 2 atom stereocenters. The molecule has 0 aromatic carbocycles. The van der Waals surface area contributed by atoms with Crippen LogP contribution in [0.1, 0.15) is 55.3 Å². The second-order valence-electron chi connectivity index (χ2n) is 6.43. The maximum absolute atomic E-state index is 11.0. The Kier molecular flexibility index (Phi) is 4.31. The van der Waals surface area contributed by atoms with Crippen LogP contribution in [0.5, 0.6) is 0 Å². The number of rotatable bonds is 4. The summed E-state index contributed by atoms with van der Waals surface area (Å²) in [5.41, 5.74) is 1.13. The van der Waals surface area contributed by atoms with Crippen molar-refractivity contribution in [3.63, 3.8) is 0 Å². The minimum atomic E-state index is -0.856. The highest BCUT2D eigenvalue weighted by molar-refractivity contribution is 7.12. The highest BCUT2D eigenvalue weighted by atomic mass is 32.1. The van der Waals surface area contributed by atoms with Gasteiger partial charge in [-0.1, -0.05) is 20.8 Å². The second-order valence-corrected chi connectivity index (χ2v) is 7.34. The summed E-state index contributed by atoms with van der Waals surface area (Å²) in [5, 5.41) is 10.9. The van der Waals surface area contributed by atoms with Gasteiger partial charge < -0.3 is 9.84 Å². The molecule has 1 heterocycles. The highest BCUT2D eigenvalue weighted by Gasteiger charge is 2.32. The fourth-order valence-corrected chi connectivity index (χ4v) is 3.98. The van der Waals surface area contributed by atoms with E-state index in [1.807, 2.05) is 11.4 Å². The van der Waals surface area contributed by atoms with Gasteiger partial charge in [-0.05, 0) is 42.0 Å². The molecule has 0 saturated heterocycles. The zero-order chi connectivity index (χ0) is 14.0. The van der Waals surface area contributed by atoms with Crippen molar-refractivity contribution >= 4 is 17.3 Å². The summed E-state index contributed by atoms with van der Waals surface area (Å²) in [4.78, 5) is 11.4. The zero-order valence-electron chi connectivity index (χ0n) is 11.8. The second kappa shape index (κ2) is 5.63. The van der Waals surface area contributed by atoms with E-state index in [0.717, 1.165) is 18.4 Å². The van der Waals surface area contributed by atoms with E-state index in [0.29, 0.717) is 22.8 Å². The van der Waals surface area contributed by atoms with Crippen LogP contribution in [0.3, 0.4) is 0 Å². The van der Waals surface area contributed by atoms with Crippen LogP contribution < -0.4 is 0 Å². The maximum Gasteiger partial charge on any atom is 0.346 e. The van der Waals surface area contributed by atoms with Crippen molar-refractivity contribution < 1.29 is 14.6 Å². The van der Waals surface area contributed by atoms with Crippen molar-refractivity contribution in [2.75, 3.05) is 0 Å². The van der Waals surface area contributed by atoms with E-state index in [9.17, 15) is 4.79 Å². The Morgan fingerprint density at radius 3 is 2.89 bits per heavy atom. The lowest BCUT2D eigenvalue weighted by molar-refractivity contribution is -0.0317. The molecule has 106 valence electrons. The summed E-state index contributed by atoms with van der Waals surface area (Å²) in [6.45, 7) is 7.25. The molecule has 0 bridgehead atoms. The number of hydrogen-bond donors (Lipinski definition) is 1. The molecule has 19 heavy (non-hydrogen) atoms. The first-order valence-corrected chi connectivity index (χ1v) is 7.66. The summed E-state index contributed by atoms with van der Waals surface area (Å²) in [6.07, 6.45) is 3.63. The lowest BCUT2D eigenvalue weighted by atomic mass is 9.71. The predicted octanol–water partition coefficient (Wildman–Crippen LogP) is 4.18. The minimum Gasteiger partial charge on any atom is -0.477 e. The molecular formula is C15H22O3S. The zero-order valence-corrected chi connectivity index (χ0v) is 12.6. The van der Waals surface area contributed by atoms with Crippen molar-refractivity contribution in [1.82, 2.24) is 0 Å². The molecule has 2 unspecified atom stereocenters. The fraction of sp³-hybridized carbons (Fsp3) is 0.667. The smallest absolute Gasteiger partial charge is 0.346 e. The van der Waals surface area contributed by atoms with Crippen LogP contribution in [0.25, 0.3) is 0 Å². The topological polar surface area (TPSA) is 46.5 Å². The third-order valence-electron chi connectivity index (χ3n) is 3.76. The molecule has 1 aromatic heterocycles. The van der Waals surface area contributed by atoms with Gasteiger partial charge in [0.2, 0.25) is 0 Å². The Balaban J connectivity index is 1.95. The van der Waals surface area contributed by atoms with E-state index in [1.54, 1.807) is 0 Å². The normalized spacial score (nSPS) is 26.3. The molecule has 1 aliphatic rings. The van der Waals surface area contributed by atoms with E-state index >= 15 is 0 Å². The van der Waals surface area contributed by atoms with Crippen LogP contribution >= 0.6 is 11.3 Å². The average Bonchev–Trinajstić information content (AvgIpc) is 2.71. The first kappa shape index (κ1) is 14.5. The molecule has 1 N–H and O–H groups in total. The van der Waals surface area contributed by atoms with E-state index < -0.39 is 5.97 Å². The quantitative estimate of drug-likeness (QED) is 0.901. The van der Waals surface area contributed by atoms with Gasteiger partial charge in [-0.15, -0.1) is 11.3 Å². The summed E-state index contributed by atoms with van der Waals surface area (Å²) in [6, 6.07) is 1.85. The van der Waals surface area contributed by atoms with Gasteiger partial charge in [0, 0.05) is 5.56 Å². The van der Waals surface area contributed by atoms with Crippen molar-refractivity contribution in [3.05, 3.63) is 21.9 Å². The van der Waals surface area contributed by atoms with Gasteiger partial charge in [-0.2, -0.15) is 0 Å². The largest absolute Gasteiger partial charge is 0.477 e. The number of carboxylic acids is 1. The highest BCUT2D eigenvalue weighted by Crippen LogP contribution is 2.40. The Labute approximate surface area is 118 Å². The maximum atomic E-state index is 11.0. The number of carbonyl (C=O) groups is 1. The molecular weight excluding hydrogens is 260 g/mol. The van der Waals surface area contributed by atoms with Crippen molar-refractivity contribution in [2.45, 2.75) is 52.7 Å². The lowest BCUT2D eigenvalue weighted by Crippen LogP contribution is -2.32. The van der Waals surface area contributed by atoms with Crippen LogP contribution in [0.15, 0.2) is 11.4 Å². The fourth-order valence-electron chi connectivity index (χ4n) is 3.23. The Morgan fingerprint density at radius 1 is 1.53 bits per heavy atom. The van der Waals surface area contributed by atoms with Crippen molar-refractivity contribution in [2.24, 2.45) is 11.3 Å². The molecule has 1 fully saturated rings. The van der Waals surface area contributed by atoms with Crippen LogP contribution in [-0.4, -0.2) is 17.2 Å². The molecule has 0 amide bonds. The number of aromatic carboxylic acids is 1. The molecule has 2 rings (SSSR count). The van der Waals surface area contributed by atoms with Gasteiger partial charge in [0.1, 0.15) is 4.88 Å². The van der Waals surface area contributed by atoms with Crippen molar-refractivity contribution in [1.29, 1.82) is 0 Å². The Morgan fingerprint density at radius 2 is 2.26 bits per heavy atom. The molecule has 1 aromatic rings. The van der Waals surface area contributed by atoms with Gasteiger partial charge in [-0.3, -0.25) is 0 Å². The van der Waals surface area contributed by atoms with Crippen LogP contribution in [0.4, 0.5) is 0 Å². The average molecular weight is 282 g/mol. The van der Waals surface area contributed by atoms with Crippen LogP contribution in [0, 0.1) is 11.3 Å². The van der Waals surface area contributed by atoms with Gasteiger partial charge in [0.15, 0.2) is 0 Å². The monoisotopic (exact) mass is 282 g/mol. The predicted molar refractivity (Wildman–Crippen MR) is 76.7 cm³/mol. The minimum absolute atomic E-state index is 0.250. The Bertz CT molecular complexity index is 450. The van der Waals surface area contributed by atoms with E-state index in [-0.39, 0.29) is 6.10 Å². The first-order chi connectivity index (χ1) is 8.87. The van der Waals surface area contributed by atoms with Crippen molar-refractivity contribution in [3.8, 4) is 0 Å². The molecule has 3 nitrogen and oxygen atoms in total. The van der Waals surface area contributed by atoms with Crippen LogP contribution in [-0.2, 0) is 11.3 Å². The standard InChI is InChI=1S/C15H22O3S/c1-10-6-12(8-15(2,3)7-10)18-9-11-4-5-19-13(11)14(16)17/h4-5,10,12H,6-9H2,1-3H3,(H,16,17).